The van der Waals surface area contributed by atoms with E-state index in [0.717, 1.165) is 12.8 Å². The smallest absolute Gasteiger partial charge is 0.337 e. The van der Waals surface area contributed by atoms with Crippen LogP contribution in [0.5, 0.6) is 11.5 Å². The second kappa shape index (κ2) is 8.69. The largest absolute Gasteiger partial charge is 0.493 e. The van der Waals surface area contributed by atoms with Gasteiger partial charge in [0.25, 0.3) is 0 Å². The summed E-state index contributed by atoms with van der Waals surface area (Å²) in [5, 5.41) is 0. The van der Waals surface area contributed by atoms with Crippen LogP contribution in [-0.4, -0.2) is 32.7 Å². The molecule has 0 fully saturated rings. The van der Waals surface area contributed by atoms with E-state index in [1.807, 2.05) is 0 Å². The molecule has 1 atom stereocenters. The number of methoxy groups -OCH3 is 2. The maximum Gasteiger partial charge on any atom is 0.337 e. The SMILES string of the molecule is COC(=O)c1ccc(OCCC(C)CCCl)c(OC)c1. The van der Waals surface area contributed by atoms with Crippen molar-refractivity contribution in [1.82, 2.24) is 0 Å². The summed E-state index contributed by atoms with van der Waals surface area (Å²) in [4.78, 5) is 11.4. The van der Waals surface area contributed by atoms with E-state index in [1.165, 1.54) is 7.11 Å². The Morgan fingerprint density at radius 1 is 1.25 bits per heavy atom. The molecule has 0 amide bonds. The van der Waals surface area contributed by atoms with Gasteiger partial charge < -0.3 is 14.2 Å². The molecular formula is C15H21ClO4. The fraction of sp³-hybridized carbons (Fsp3) is 0.533. The third kappa shape index (κ3) is 4.93. The predicted molar refractivity (Wildman–Crippen MR) is 78.9 cm³/mol. The average molecular weight is 301 g/mol. The fourth-order valence-electron chi connectivity index (χ4n) is 1.73. The molecule has 20 heavy (non-hydrogen) atoms. The van der Waals surface area contributed by atoms with Crippen molar-refractivity contribution in [1.29, 1.82) is 0 Å². The first-order valence-corrected chi connectivity index (χ1v) is 7.11. The van der Waals surface area contributed by atoms with Crippen molar-refractivity contribution in [3.05, 3.63) is 23.8 Å². The molecule has 4 nitrogen and oxygen atoms in total. The van der Waals surface area contributed by atoms with E-state index in [0.29, 0.717) is 35.5 Å². The summed E-state index contributed by atoms with van der Waals surface area (Å²) in [6.45, 7) is 2.73. The summed E-state index contributed by atoms with van der Waals surface area (Å²) in [5.41, 5.74) is 0.437. The second-order valence-electron chi connectivity index (χ2n) is 4.58. The third-order valence-electron chi connectivity index (χ3n) is 3.05. The highest BCUT2D eigenvalue weighted by atomic mass is 35.5. The lowest BCUT2D eigenvalue weighted by Crippen LogP contribution is -2.06. The first-order chi connectivity index (χ1) is 9.62. The van der Waals surface area contributed by atoms with Gasteiger partial charge >= 0.3 is 5.97 Å². The van der Waals surface area contributed by atoms with E-state index in [1.54, 1.807) is 25.3 Å². The summed E-state index contributed by atoms with van der Waals surface area (Å²) >= 11 is 5.70. The van der Waals surface area contributed by atoms with Gasteiger partial charge in [-0.25, -0.2) is 4.79 Å². The molecule has 0 spiro atoms. The number of esters is 1. The predicted octanol–water partition coefficient (Wildman–Crippen LogP) is 3.52. The molecular weight excluding hydrogens is 280 g/mol. The van der Waals surface area contributed by atoms with E-state index in [2.05, 4.69) is 11.7 Å². The van der Waals surface area contributed by atoms with Gasteiger partial charge in [0.1, 0.15) is 0 Å². The van der Waals surface area contributed by atoms with E-state index < -0.39 is 5.97 Å². The van der Waals surface area contributed by atoms with E-state index >= 15 is 0 Å². The zero-order valence-corrected chi connectivity index (χ0v) is 12.9. The van der Waals surface area contributed by atoms with Crippen molar-refractivity contribution < 1.29 is 19.0 Å². The second-order valence-corrected chi connectivity index (χ2v) is 4.96. The Morgan fingerprint density at radius 3 is 2.60 bits per heavy atom. The number of hydrogen-bond donors (Lipinski definition) is 0. The van der Waals surface area contributed by atoms with Crippen molar-refractivity contribution in [3.63, 3.8) is 0 Å². The van der Waals surface area contributed by atoms with Gasteiger partial charge in [0.15, 0.2) is 11.5 Å². The van der Waals surface area contributed by atoms with Gasteiger partial charge in [0.2, 0.25) is 0 Å². The van der Waals surface area contributed by atoms with Crippen LogP contribution < -0.4 is 9.47 Å². The Morgan fingerprint density at radius 2 is 2.00 bits per heavy atom. The number of hydrogen-bond acceptors (Lipinski definition) is 4. The first-order valence-electron chi connectivity index (χ1n) is 6.57. The lowest BCUT2D eigenvalue weighted by molar-refractivity contribution is 0.0600. The Hall–Kier alpha value is -1.42. The van der Waals surface area contributed by atoms with Crippen molar-refractivity contribution >= 4 is 17.6 Å². The molecule has 0 heterocycles. The van der Waals surface area contributed by atoms with Crippen LogP contribution in [0.3, 0.4) is 0 Å². The maximum atomic E-state index is 11.4. The Kier molecular flexibility index (Phi) is 7.23. The van der Waals surface area contributed by atoms with Crippen LogP contribution >= 0.6 is 11.6 Å². The summed E-state index contributed by atoms with van der Waals surface area (Å²) in [6, 6.07) is 4.99. The van der Waals surface area contributed by atoms with E-state index in [-0.39, 0.29) is 0 Å². The number of carbonyl (C=O) groups excluding carboxylic acids is 1. The molecule has 112 valence electrons. The standard InChI is InChI=1S/C15H21ClO4/c1-11(6-8-16)7-9-20-13-5-4-12(15(17)19-3)10-14(13)18-2/h4-5,10-11H,6-9H2,1-3H3. The molecule has 1 aromatic rings. The molecule has 1 rings (SSSR count). The van der Waals surface area contributed by atoms with Crippen LogP contribution in [0.25, 0.3) is 0 Å². The molecule has 0 saturated heterocycles. The molecule has 0 radical (unpaired) electrons. The van der Waals surface area contributed by atoms with Crippen molar-refractivity contribution in [3.8, 4) is 11.5 Å². The lowest BCUT2D eigenvalue weighted by Gasteiger charge is -2.13. The Balaban J connectivity index is 2.64. The van der Waals surface area contributed by atoms with Crippen molar-refractivity contribution in [2.75, 3.05) is 26.7 Å². The van der Waals surface area contributed by atoms with Crippen LogP contribution in [0.4, 0.5) is 0 Å². The summed E-state index contributed by atoms with van der Waals surface area (Å²) < 4.78 is 15.6. The number of benzene rings is 1. The number of carbonyl (C=O) groups is 1. The van der Waals surface area contributed by atoms with Crippen LogP contribution in [-0.2, 0) is 4.74 Å². The Bertz CT molecular complexity index is 434. The average Bonchev–Trinajstić information content (AvgIpc) is 2.47. The van der Waals surface area contributed by atoms with Crippen LogP contribution in [0.15, 0.2) is 18.2 Å². The monoisotopic (exact) mass is 300 g/mol. The quantitative estimate of drug-likeness (QED) is 0.544. The Labute approximate surface area is 125 Å². The summed E-state index contributed by atoms with van der Waals surface area (Å²) in [5.74, 6) is 1.94. The van der Waals surface area contributed by atoms with Crippen LogP contribution in [0.2, 0.25) is 0 Å². The third-order valence-corrected chi connectivity index (χ3v) is 3.27. The van der Waals surface area contributed by atoms with Gasteiger partial charge in [-0.2, -0.15) is 0 Å². The maximum absolute atomic E-state index is 11.4. The van der Waals surface area contributed by atoms with E-state index in [9.17, 15) is 4.79 Å². The topological polar surface area (TPSA) is 44.8 Å². The molecule has 0 aliphatic heterocycles. The molecule has 0 bridgehead atoms. The highest BCUT2D eigenvalue weighted by molar-refractivity contribution is 6.17. The first kappa shape index (κ1) is 16.6. The van der Waals surface area contributed by atoms with Gasteiger partial charge in [0.05, 0.1) is 26.4 Å². The van der Waals surface area contributed by atoms with Crippen LogP contribution in [0.1, 0.15) is 30.1 Å². The normalized spacial score (nSPS) is 11.8. The molecule has 0 aromatic heterocycles. The van der Waals surface area contributed by atoms with Crippen LogP contribution in [0, 0.1) is 5.92 Å². The molecule has 1 aromatic carbocycles. The summed E-state index contributed by atoms with van der Waals surface area (Å²) in [6.07, 6.45) is 1.90. The molecule has 5 heteroatoms. The van der Waals surface area contributed by atoms with Gasteiger partial charge in [0, 0.05) is 5.88 Å². The lowest BCUT2D eigenvalue weighted by atomic mass is 10.1. The molecule has 1 unspecified atom stereocenters. The van der Waals surface area contributed by atoms with Crippen molar-refractivity contribution in [2.45, 2.75) is 19.8 Å². The highest BCUT2D eigenvalue weighted by Crippen LogP contribution is 2.28. The minimum Gasteiger partial charge on any atom is -0.493 e. The summed E-state index contributed by atoms with van der Waals surface area (Å²) in [7, 11) is 2.89. The van der Waals surface area contributed by atoms with Crippen molar-refractivity contribution in [2.24, 2.45) is 5.92 Å². The minimum absolute atomic E-state index is 0.398. The minimum atomic E-state index is -0.398. The fourth-order valence-corrected chi connectivity index (χ4v) is 2.10. The number of alkyl halides is 1. The molecule has 0 N–H and O–H groups in total. The molecule has 0 saturated carbocycles. The van der Waals surface area contributed by atoms with Gasteiger partial charge in [-0.05, 0) is 37.0 Å². The zero-order valence-electron chi connectivity index (χ0n) is 12.1. The zero-order chi connectivity index (χ0) is 15.0. The highest BCUT2D eigenvalue weighted by Gasteiger charge is 2.11. The van der Waals surface area contributed by atoms with E-state index in [4.69, 9.17) is 21.1 Å². The number of halogens is 1. The molecule has 0 aliphatic carbocycles. The van der Waals surface area contributed by atoms with Gasteiger partial charge in [-0.15, -0.1) is 11.6 Å². The van der Waals surface area contributed by atoms with Gasteiger partial charge in [-0.3, -0.25) is 0 Å². The number of rotatable bonds is 8. The number of ether oxygens (including phenoxy) is 3. The van der Waals surface area contributed by atoms with Gasteiger partial charge in [-0.1, -0.05) is 6.92 Å². The molecule has 0 aliphatic rings.